The molecule has 1 aliphatic rings. The molecule has 5 rings (SSSR count). The summed E-state index contributed by atoms with van der Waals surface area (Å²) in [4.78, 5) is 18.2. The van der Waals surface area contributed by atoms with Crippen molar-refractivity contribution in [3.63, 3.8) is 0 Å². The minimum atomic E-state index is -1.17. The summed E-state index contributed by atoms with van der Waals surface area (Å²) in [5.41, 5.74) is -0.414. The van der Waals surface area contributed by atoms with Crippen LogP contribution >= 0.6 is 0 Å². The first-order valence-electron chi connectivity index (χ1n) is 11.5. The van der Waals surface area contributed by atoms with Crippen molar-refractivity contribution in [2.75, 3.05) is 13.2 Å². The van der Waals surface area contributed by atoms with Crippen LogP contribution in [0.5, 0.6) is 5.75 Å². The fourth-order valence-corrected chi connectivity index (χ4v) is 4.21. The van der Waals surface area contributed by atoms with E-state index in [4.69, 9.17) is 14.2 Å². The van der Waals surface area contributed by atoms with E-state index in [-0.39, 0.29) is 36.8 Å². The zero-order valence-electron chi connectivity index (χ0n) is 20.7. The summed E-state index contributed by atoms with van der Waals surface area (Å²) in [7, 11) is 1.66. The third-order valence-corrected chi connectivity index (χ3v) is 6.17. The van der Waals surface area contributed by atoms with Gasteiger partial charge in [-0.1, -0.05) is 6.07 Å². The summed E-state index contributed by atoms with van der Waals surface area (Å²) in [6, 6.07) is 6.86. The quantitative estimate of drug-likeness (QED) is 0.418. The van der Waals surface area contributed by atoms with Crippen molar-refractivity contribution in [3.8, 4) is 5.75 Å². The maximum absolute atomic E-state index is 14.1. The number of rotatable bonds is 6. The molecule has 0 atom stereocenters. The maximum Gasteiger partial charge on any atom is 0.271 e. The Hall–Kier alpha value is -3.97. The highest BCUT2D eigenvalue weighted by Crippen LogP contribution is 2.31. The second-order valence-electron chi connectivity index (χ2n) is 9.24. The van der Waals surface area contributed by atoms with Crippen LogP contribution in [0.4, 0.5) is 8.78 Å². The van der Waals surface area contributed by atoms with E-state index in [0.29, 0.717) is 17.2 Å². The Balaban J connectivity index is 1.46. The Kier molecular flexibility index (Phi) is 6.12. The number of fused-ring (bicyclic) bond motifs is 1. The van der Waals surface area contributed by atoms with Crippen LogP contribution < -0.4 is 10.1 Å². The van der Waals surface area contributed by atoms with Crippen molar-refractivity contribution in [1.82, 2.24) is 34.9 Å². The van der Waals surface area contributed by atoms with Gasteiger partial charge in [0.25, 0.3) is 5.91 Å². The first-order valence-corrected chi connectivity index (χ1v) is 11.5. The number of aromatic nitrogens is 6. The van der Waals surface area contributed by atoms with E-state index in [0.717, 1.165) is 12.1 Å². The number of imidazole rings is 1. The second kappa shape index (κ2) is 9.16. The number of nitrogens with one attached hydrogen (secondary N) is 1. The average molecular weight is 514 g/mol. The van der Waals surface area contributed by atoms with Gasteiger partial charge in [-0.25, -0.2) is 18.4 Å². The molecule has 3 aromatic heterocycles. The molecule has 4 heterocycles. The van der Waals surface area contributed by atoms with E-state index in [1.807, 2.05) is 0 Å². The summed E-state index contributed by atoms with van der Waals surface area (Å²) in [6.07, 6.45) is 1.65. The molecule has 11 nitrogen and oxygen atoms in total. The van der Waals surface area contributed by atoms with E-state index in [1.54, 1.807) is 50.5 Å². The van der Waals surface area contributed by atoms with E-state index >= 15 is 0 Å². The zero-order valence-corrected chi connectivity index (χ0v) is 20.7. The topological polar surface area (TPSA) is 118 Å². The lowest BCUT2D eigenvalue weighted by molar-refractivity contribution is -0.273. The Bertz CT molecular complexity index is 1450. The molecule has 1 fully saturated rings. The summed E-state index contributed by atoms with van der Waals surface area (Å²) in [6.45, 7) is 5.01. The number of carbonyl (C=O) groups excluding carboxylic acids is 1. The molecule has 0 spiro atoms. The molecule has 0 bridgehead atoms. The van der Waals surface area contributed by atoms with Crippen LogP contribution in [0, 0.1) is 18.6 Å². The molecule has 1 aliphatic heterocycles. The van der Waals surface area contributed by atoms with Gasteiger partial charge in [-0.05, 0) is 55.5 Å². The van der Waals surface area contributed by atoms with Crippen LogP contribution in [0.3, 0.4) is 0 Å². The second-order valence-corrected chi connectivity index (χ2v) is 9.24. The molecule has 1 N–H and O–H groups in total. The van der Waals surface area contributed by atoms with Gasteiger partial charge in [-0.3, -0.25) is 9.20 Å². The lowest BCUT2D eigenvalue weighted by Crippen LogP contribution is -2.60. The van der Waals surface area contributed by atoms with Crippen LogP contribution in [0.2, 0.25) is 0 Å². The third-order valence-electron chi connectivity index (χ3n) is 6.17. The van der Waals surface area contributed by atoms with Crippen molar-refractivity contribution in [2.24, 2.45) is 7.05 Å². The van der Waals surface area contributed by atoms with E-state index in [9.17, 15) is 13.6 Å². The molecular weight excluding hydrogens is 488 g/mol. The SMILES string of the molecule is Cc1nc2c(OCc3c(F)cccc3F)cccn2c1C(=O)NC1(c2nnnn2C)COC(C)(C)OC1. The number of tetrazole rings is 1. The van der Waals surface area contributed by atoms with Gasteiger partial charge >= 0.3 is 0 Å². The molecule has 0 unspecified atom stereocenters. The molecule has 1 aromatic carbocycles. The largest absolute Gasteiger partial charge is 0.485 e. The fourth-order valence-electron chi connectivity index (χ4n) is 4.21. The molecule has 37 heavy (non-hydrogen) atoms. The van der Waals surface area contributed by atoms with Gasteiger partial charge in [-0.2, -0.15) is 0 Å². The molecule has 0 radical (unpaired) electrons. The molecule has 1 saturated heterocycles. The zero-order chi connectivity index (χ0) is 26.4. The van der Waals surface area contributed by atoms with E-state index < -0.39 is 28.9 Å². The van der Waals surface area contributed by atoms with Crippen LogP contribution in [0.1, 0.15) is 41.4 Å². The Morgan fingerprint density at radius 2 is 1.86 bits per heavy atom. The van der Waals surface area contributed by atoms with Crippen LogP contribution in [0.15, 0.2) is 36.5 Å². The first-order chi connectivity index (χ1) is 17.6. The predicted octanol–water partition coefficient (Wildman–Crippen LogP) is 2.43. The number of aryl methyl sites for hydroxylation is 2. The average Bonchev–Trinajstić information content (AvgIpc) is 3.43. The summed E-state index contributed by atoms with van der Waals surface area (Å²) >= 11 is 0. The highest BCUT2D eigenvalue weighted by molar-refractivity contribution is 5.95. The standard InChI is InChI=1S/C24H25F2N7O4/c1-14-19(21(34)28-24(22-29-30-31-32(22)4)12-36-23(2,3)37-13-24)33-10-6-9-18(20(33)27-14)35-11-15-16(25)7-5-8-17(15)26/h5-10H,11-13H2,1-4H3,(H,28,34). The highest BCUT2D eigenvalue weighted by Gasteiger charge is 2.46. The van der Waals surface area contributed by atoms with Gasteiger partial charge < -0.3 is 19.5 Å². The lowest BCUT2D eigenvalue weighted by Gasteiger charge is -2.42. The number of halogens is 2. The minimum Gasteiger partial charge on any atom is -0.485 e. The Morgan fingerprint density at radius 1 is 1.16 bits per heavy atom. The predicted molar refractivity (Wildman–Crippen MR) is 125 cm³/mol. The summed E-state index contributed by atoms with van der Waals surface area (Å²) in [5.74, 6) is -2.13. The highest BCUT2D eigenvalue weighted by atomic mass is 19.1. The number of nitrogens with zero attached hydrogens (tertiary/aromatic N) is 6. The van der Waals surface area contributed by atoms with Crippen LogP contribution in [-0.4, -0.2) is 54.5 Å². The number of pyridine rings is 1. The van der Waals surface area contributed by atoms with E-state index in [2.05, 4.69) is 25.8 Å². The fraction of sp³-hybridized carbons (Fsp3) is 0.375. The first kappa shape index (κ1) is 24.7. The normalized spacial score (nSPS) is 16.6. The molecule has 0 aliphatic carbocycles. The number of carbonyl (C=O) groups is 1. The van der Waals surface area contributed by atoms with Gasteiger partial charge in [0.1, 0.15) is 29.5 Å². The summed E-state index contributed by atoms with van der Waals surface area (Å²) in [5, 5.41) is 14.7. The van der Waals surface area contributed by atoms with Gasteiger partial charge in [0.15, 0.2) is 23.0 Å². The molecule has 4 aromatic rings. The van der Waals surface area contributed by atoms with Crippen LogP contribution in [0.25, 0.3) is 5.65 Å². The minimum absolute atomic E-state index is 0.0678. The maximum atomic E-state index is 14.1. The van der Waals surface area contributed by atoms with Gasteiger partial charge in [0, 0.05) is 13.2 Å². The van der Waals surface area contributed by atoms with Crippen molar-refractivity contribution in [1.29, 1.82) is 0 Å². The molecule has 0 saturated carbocycles. The van der Waals surface area contributed by atoms with E-state index in [1.165, 1.54) is 10.7 Å². The van der Waals surface area contributed by atoms with Gasteiger partial charge in [0.05, 0.1) is 24.5 Å². The third kappa shape index (κ3) is 4.51. The monoisotopic (exact) mass is 513 g/mol. The summed E-state index contributed by atoms with van der Waals surface area (Å²) < 4.78 is 48.6. The lowest BCUT2D eigenvalue weighted by atomic mass is 9.98. The van der Waals surface area contributed by atoms with Crippen LogP contribution in [-0.2, 0) is 28.7 Å². The Morgan fingerprint density at radius 3 is 2.51 bits per heavy atom. The van der Waals surface area contributed by atoms with Gasteiger partial charge in [0.2, 0.25) is 0 Å². The van der Waals surface area contributed by atoms with Crippen molar-refractivity contribution in [3.05, 3.63) is 70.9 Å². The molecule has 194 valence electrons. The molecular formula is C24H25F2N7O4. The van der Waals surface area contributed by atoms with Crippen molar-refractivity contribution in [2.45, 2.75) is 38.7 Å². The smallest absolute Gasteiger partial charge is 0.271 e. The van der Waals surface area contributed by atoms with Crippen molar-refractivity contribution >= 4 is 11.6 Å². The number of hydrogen-bond donors (Lipinski definition) is 1. The number of benzene rings is 1. The van der Waals surface area contributed by atoms with Gasteiger partial charge in [-0.15, -0.1) is 5.10 Å². The number of ether oxygens (including phenoxy) is 3. The molecule has 13 heteroatoms. The number of hydrogen-bond acceptors (Lipinski definition) is 8. The van der Waals surface area contributed by atoms with Crippen molar-refractivity contribution < 1.29 is 27.8 Å². The number of amides is 1. The molecule has 1 amide bonds. The Labute approximate surface area is 210 Å².